The van der Waals surface area contributed by atoms with E-state index in [1.165, 1.54) is 10.9 Å². The van der Waals surface area contributed by atoms with Crippen LogP contribution in [0.3, 0.4) is 0 Å². The number of nitrogens with one attached hydrogen (secondary N) is 2. The number of rotatable bonds is 5. The molecule has 182 valence electrons. The number of imidazole rings is 1. The maximum absolute atomic E-state index is 16.1. The van der Waals surface area contributed by atoms with E-state index in [1.807, 2.05) is 22.9 Å². The van der Waals surface area contributed by atoms with Gasteiger partial charge in [0.15, 0.2) is 11.5 Å². The topological polar surface area (TPSA) is 114 Å². The fraction of sp³-hybridized carbons (Fsp3) is 0.154. The first-order valence-electron chi connectivity index (χ1n) is 11.7. The van der Waals surface area contributed by atoms with Crippen LogP contribution in [0.5, 0.6) is 0 Å². The third-order valence-corrected chi connectivity index (χ3v) is 7.16. The van der Waals surface area contributed by atoms with Crippen LogP contribution in [0.25, 0.3) is 56.0 Å². The van der Waals surface area contributed by atoms with Crippen LogP contribution in [0.1, 0.15) is 12.8 Å². The molecule has 2 N–H and O–H groups in total. The number of fused-ring (bicyclic) bond motifs is 2. The molecule has 11 heteroatoms. The number of hydrogen-bond donors (Lipinski definition) is 2. The number of amides is 1. The first kappa shape index (κ1) is 21.7. The van der Waals surface area contributed by atoms with Crippen molar-refractivity contribution in [3.05, 3.63) is 59.6 Å². The molecule has 1 aliphatic carbocycles. The molecule has 1 saturated carbocycles. The van der Waals surface area contributed by atoms with Crippen LogP contribution in [0.4, 0.5) is 10.1 Å². The number of anilines is 1. The molecule has 7 rings (SSSR count). The minimum Gasteiger partial charge on any atom is -0.336 e. The summed E-state index contributed by atoms with van der Waals surface area (Å²) in [5, 5.41) is 11.7. The maximum Gasteiger partial charge on any atom is 0.227 e. The average Bonchev–Trinajstić information content (AvgIpc) is 3.29. The fourth-order valence-electron chi connectivity index (χ4n) is 4.45. The number of hydrogen-bond acceptors (Lipinski definition) is 7. The van der Waals surface area contributed by atoms with Gasteiger partial charge in [-0.15, -0.1) is 0 Å². The normalized spacial score (nSPS) is 13.5. The lowest BCUT2D eigenvalue weighted by atomic mass is 10.1. The van der Waals surface area contributed by atoms with Crippen molar-refractivity contribution in [1.29, 1.82) is 0 Å². The second-order valence-corrected chi connectivity index (χ2v) is 9.82. The van der Waals surface area contributed by atoms with Crippen LogP contribution in [0.2, 0.25) is 0 Å². The first-order chi connectivity index (χ1) is 18.1. The van der Waals surface area contributed by atoms with Crippen LogP contribution in [0, 0.1) is 11.7 Å². The standard InChI is InChI=1S/C26H19FN8OS/c1-35-25-19(20(27)17(11-30-25)15-8-16(10-28-9-15)31-26(36)13-2-3-13)23(34-35)24-32-18-4-6-29-21(22(18)33-24)14-5-7-37-12-14/h4-13H,2-3H2,1H3,(H,31,36)(H,32,33). The van der Waals surface area contributed by atoms with Crippen molar-refractivity contribution >= 4 is 45.0 Å². The summed E-state index contributed by atoms with van der Waals surface area (Å²) < 4.78 is 17.7. The highest BCUT2D eigenvalue weighted by atomic mass is 32.1. The Morgan fingerprint density at radius 2 is 2.05 bits per heavy atom. The zero-order valence-electron chi connectivity index (χ0n) is 19.6. The molecule has 1 fully saturated rings. The number of halogens is 1. The van der Waals surface area contributed by atoms with E-state index in [0.29, 0.717) is 33.9 Å². The molecule has 0 bridgehead atoms. The fourth-order valence-corrected chi connectivity index (χ4v) is 5.09. The molecule has 0 aliphatic heterocycles. The number of aromatic amines is 1. The van der Waals surface area contributed by atoms with Gasteiger partial charge < -0.3 is 10.3 Å². The number of H-pyrrole nitrogens is 1. The highest BCUT2D eigenvalue weighted by molar-refractivity contribution is 7.08. The largest absolute Gasteiger partial charge is 0.336 e. The minimum atomic E-state index is -0.489. The lowest BCUT2D eigenvalue weighted by Gasteiger charge is -2.08. The summed E-state index contributed by atoms with van der Waals surface area (Å²) >= 11 is 1.58. The van der Waals surface area contributed by atoms with E-state index >= 15 is 4.39 Å². The van der Waals surface area contributed by atoms with E-state index in [4.69, 9.17) is 4.98 Å². The minimum absolute atomic E-state index is 0.0382. The molecule has 0 aromatic carbocycles. The Morgan fingerprint density at radius 1 is 1.16 bits per heavy atom. The molecule has 0 atom stereocenters. The van der Waals surface area contributed by atoms with Crippen LogP contribution in [-0.4, -0.2) is 40.6 Å². The number of nitrogens with zero attached hydrogens (tertiary/aromatic N) is 6. The molecule has 6 aromatic heterocycles. The van der Waals surface area contributed by atoms with Gasteiger partial charge in [-0.2, -0.15) is 16.4 Å². The molecule has 1 aliphatic rings. The lowest BCUT2D eigenvalue weighted by molar-refractivity contribution is -0.117. The summed E-state index contributed by atoms with van der Waals surface area (Å²) in [5.74, 6) is -0.0527. The summed E-state index contributed by atoms with van der Waals surface area (Å²) in [5.41, 5.74) is 5.19. The van der Waals surface area contributed by atoms with E-state index in [0.717, 1.165) is 29.6 Å². The highest BCUT2D eigenvalue weighted by Crippen LogP contribution is 2.36. The van der Waals surface area contributed by atoms with Crippen LogP contribution >= 0.6 is 11.3 Å². The summed E-state index contributed by atoms with van der Waals surface area (Å²) in [6.45, 7) is 0. The maximum atomic E-state index is 16.1. The number of carbonyl (C=O) groups excluding carboxylic acids is 1. The molecule has 0 unspecified atom stereocenters. The van der Waals surface area contributed by atoms with E-state index < -0.39 is 5.82 Å². The van der Waals surface area contributed by atoms with Crippen LogP contribution in [-0.2, 0) is 11.8 Å². The van der Waals surface area contributed by atoms with Gasteiger partial charge in [-0.3, -0.25) is 14.8 Å². The molecule has 1 amide bonds. The summed E-state index contributed by atoms with van der Waals surface area (Å²) in [4.78, 5) is 33.5. The van der Waals surface area contributed by atoms with Crippen molar-refractivity contribution in [1.82, 2.24) is 34.7 Å². The monoisotopic (exact) mass is 510 g/mol. The van der Waals surface area contributed by atoms with Gasteiger partial charge >= 0.3 is 0 Å². The summed E-state index contributed by atoms with van der Waals surface area (Å²) in [6.07, 6.45) is 8.07. The molecule has 6 aromatic rings. The van der Waals surface area contributed by atoms with Gasteiger partial charge in [0.25, 0.3) is 0 Å². The van der Waals surface area contributed by atoms with Gasteiger partial charge in [-0.05, 0) is 36.4 Å². The Labute approximate surface area is 213 Å². The molecule has 9 nitrogen and oxygen atoms in total. The van der Waals surface area contributed by atoms with Crippen molar-refractivity contribution in [3.8, 4) is 33.9 Å². The first-order valence-corrected chi connectivity index (χ1v) is 12.7. The Balaban J connectivity index is 1.35. The van der Waals surface area contributed by atoms with Gasteiger partial charge in [-0.1, -0.05) is 0 Å². The second kappa shape index (κ2) is 8.27. The predicted octanol–water partition coefficient (Wildman–Crippen LogP) is 5.18. The number of carbonyl (C=O) groups is 1. The van der Waals surface area contributed by atoms with E-state index in [2.05, 4.69) is 30.4 Å². The zero-order valence-corrected chi connectivity index (χ0v) is 20.4. The van der Waals surface area contributed by atoms with Crippen molar-refractivity contribution in [2.45, 2.75) is 12.8 Å². The Morgan fingerprint density at radius 3 is 2.86 bits per heavy atom. The Hall–Kier alpha value is -4.51. The van der Waals surface area contributed by atoms with Crippen LogP contribution in [0.15, 0.2) is 53.7 Å². The van der Waals surface area contributed by atoms with Gasteiger partial charge in [0, 0.05) is 53.6 Å². The average molecular weight is 511 g/mol. The van der Waals surface area contributed by atoms with E-state index in [1.54, 1.807) is 43.0 Å². The molecule has 37 heavy (non-hydrogen) atoms. The van der Waals surface area contributed by atoms with Crippen molar-refractivity contribution < 1.29 is 9.18 Å². The summed E-state index contributed by atoms with van der Waals surface area (Å²) in [6, 6.07) is 5.53. The van der Waals surface area contributed by atoms with Gasteiger partial charge in [0.05, 0.1) is 28.5 Å². The van der Waals surface area contributed by atoms with Crippen LogP contribution < -0.4 is 5.32 Å². The lowest BCUT2D eigenvalue weighted by Crippen LogP contribution is -2.13. The van der Waals surface area contributed by atoms with E-state index in [-0.39, 0.29) is 22.8 Å². The number of aromatic nitrogens is 7. The molecular formula is C26H19FN8OS. The molecule has 0 spiro atoms. The van der Waals surface area contributed by atoms with Gasteiger partial charge in [0.2, 0.25) is 5.91 Å². The SMILES string of the molecule is Cn1nc(-c2nc3c(-c4ccsc4)nccc3[nH]2)c2c(F)c(-c3cncc(NC(=O)C4CC4)c3)cnc21. The summed E-state index contributed by atoms with van der Waals surface area (Å²) in [7, 11) is 1.72. The second-order valence-electron chi connectivity index (χ2n) is 9.04. The van der Waals surface area contributed by atoms with Crippen molar-refractivity contribution in [3.63, 3.8) is 0 Å². The number of pyridine rings is 3. The van der Waals surface area contributed by atoms with Gasteiger partial charge in [-0.25, -0.2) is 19.0 Å². The Kier molecular flexibility index (Phi) is 4.86. The van der Waals surface area contributed by atoms with Crippen molar-refractivity contribution in [2.24, 2.45) is 13.0 Å². The Bertz CT molecular complexity index is 1820. The van der Waals surface area contributed by atoms with Crippen molar-refractivity contribution in [2.75, 3.05) is 5.32 Å². The predicted molar refractivity (Wildman–Crippen MR) is 139 cm³/mol. The van der Waals surface area contributed by atoms with Gasteiger partial charge in [0.1, 0.15) is 17.0 Å². The number of thiophene rings is 1. The highest BCUT2D eigenvalue weighted by Gasteiger charge is 2.30. The molecule has 0 saturated heterocycles. The molecular weight excluding hydrogens is 491 g/mol. The molecule has 6 heterocycles. The van der Waals surface area contributed by atoms with E-state index in [9.17, 15) is 4.79 Å². The third-order valence-electron chi connectivity index (χ3n) is 6.47. The quantitative estimate of drug-likeness (QED) is 0.330. The molecule has 0 radical (unpaired) electrons. The third kappa shape index (κ3) is 3.66. The number of aryl methyl sites for hydroxylation is 1. The zero-order chi connectivity index (χ0) is 25.1. The smallest absolute Gasteiger partial charge is 0.227 e.